The zero-order valence-electron chi connectivity index (χ0n) is 22.9. The van der Waals surface area contributed by atoms with Gasteiger partial charge >= 0.3 is 6.03 Å². The summed E-state index contributed by atoms with van der Waals surface area (Å²) in [7, 11) is 4.62. The quantitative estimate of drug-likeness (QED) is 0.239. The topological polar surface area (TPSA) is 118 Å². The fraction of sp³-hybridized carbons (Fsp3) is 0.172. The van der Waals surface area contributed by atoms with E-state index >= 15 is 4.39 Å². The highest BCUT2D eigenvalue weighted by molar-refractivity contribution is 6.38. The molecule has 42 heavy (non-hydrogen) atoms. The average Bonchev–Trinajstić information content (AvgIpc) is 2.94. The molecule has 0 spiro atoms. The van der Waals surface area contributed by atoms with Crippen molar-refractivity contribution in [3.05, 3.63) is 94.9 Å². The number of amidine groups is 1. The molecule has 1 heterocycles. The molecule has 0 atom stereocenters. The van der Waals surface area contributed by atoms with Crippen LogP contribution in [-0.2, 0) is 16.1 Å². The van der Waals surface area contributed by atoms with Gasteiger partial charge in [0.2, 0.25) is 6.41 Å². The molecular formula is C29H27F3N6O4. The van der Waals surface area contributed by atoms with Crippen LogP contribution in [0.1, 0.15) is 5.56 Å². The molecule has 4 rings (SSSR count). The predicted octanol–water partition coefficient (Wildman–Crippen LogP) is 4.55. The number of amides is 4. The van der Waals surface area contributed by atoms with Crippen molar-refractivity contribution in [1.29, 1.82) is 5.41 Å². The summed E-state index contributed by atoms with van der Waals surface area (Å²) < 4.78 is 49.8. The largest absolute Gasteiger partial charge is 0.494 e. The molecule has 0 aromatic heterocycles. The van der Waals surface area contributed by atoms with Gasteiger partial charge in [0, 0.05) is 29.2 Å². The number of urea groups is 1. The Morgan fingerprint density at radius 1 is 0.976 bits per heavy atom. The molecule has 10 nitrogen and oxygen atoms in total. The molecule has 1 aliphatic rings. The van der Waals surface area contributed by atoms with Crippen molar-refractivity contribution in [2.45, 2.75) is 6.54 Å². The van der Waals surface area contributed by atoms with Crippen LogP contribution in [0.15, 0.2) is 71.9 Å². The number of rotatable bonds is 10. The van der Waals surface area contributed by atoms with Crippen molar-refractivity contribution in [3.8, 4) is 5.75 Å². The highest BCUT2D eigenvalue weighted by Crippen LogP contribution is 2.34. The molecule has 1 saturated heterocycles. The van der Waals surface area contributed by atoms with Gasteiger partial charge in [0.05, 0.1) is 19.3 Å². The number of imide groups is 1. The lowest BCUT2D eigenvalue weighted by Crippen LogP contribution is -2.57. The molecule has 0 saturated carbocycles. The van der Waals surface area contributed by atoms with Crippen molar-refractivity contribution in [3.63, 3.8) is 0 Å². The zero-order valence-corrected chi connectivity index (χ0v) is 22.9. The fourth-order valence-corrected chi connectivity index (χ4v) is 4.34. The third kappa shape index (κ3) is 5.95. The Bertz CT molecular complexity index is 1560. The number of halogens is 3. The van der Waals surface area contributed by atoms with E-state index in [1.54, 1.807) is 43.3 Å². The third-order valence-electron chi connectivity index (χ3n) is 6.31. The smallest absolute Gasteiger partial charge is 0.337 e. The second kappa shape index (κ2) is 12.6. The van der Waals surface area contributed by atoms with Crippen LogP contribution >= 0.6 is 0 Å². The van der Waals surface area contributed by atoms with Crippen LogP contribution in [0.2, 0.25) is 0 Å². The number of carbonyl (C=O) groups excluding carboxylic acids is 3. The molecule has 0 bridgehead atoms. The van der Waals surface area contributed by atoms with Gasteiger partial charge in [-0.2, -0.15) is 0 Å². The number of carbonyl (C=O) groups is 3. The summed E-state index contributed by atoms with van der Waals surface area (Å²) in [6.07, 6.45) is 0.514. The van der Waals surface area contributed by atoms with Crippen LogP contribution in [-0.4, -0.2) is 61.7 Å². The standard InChI is InChI=1S/C29H27F3N6O4/c1-36(2)15-22(35-18-12-10-17(11-13-18)34-16-39)25-27(33)37(14-19-20(30)6-4-7-21(19)31)29(41)38(28(25)40)23-8-5-9-24(42-3)26(23)32/h4-13,16,33,35H,14-15H2,1-3H3,(H,34,39)/b25-22+,33-27?. The summed E-state index contributed by atoms with van der Waals surface area (Å²) in [6.45, 7) is -0.710. The maximum absolute atomic E-state index is 15.4. The van der Waals surface area contributed by atoms with E-state index in [0.29, 0.717) is 27.6 Å². The summed E-state index contributed by atoms with van der Waals surface area (Å²) in [6, 6.07) is 12.2. The number of nitrogens with zero attached hydrogens (tertiary/aromatic N) is 3. The third-order valence-corrected chi connectivity index (χ3v) is 6.31. The van der Waals surface area contributed by atoms with Gasteiger partial charge in [-0.3, -0.25) is 19.9 Å². The van der Waals surface area contributed by atoms with Crippen molar-refractivity contribution < 1.29 is 32.3 Å². The first-order chi connectivity index (χ1) is 20.1. The Hall–Kier alpha value is -5.17. The van der Waals surface area contributed by atoms with Crippen LogP contribution in [0.4, 0.5) is 35.0 Å². The monoisotopic (exact) mass is 580 g/mol. The molecule has 0 unspecified atom stereocenters. The van der Waals surface area contributed by atoms with E-state index in [1.807, 2.05) is 0 Å². The number of nitrogens with one attached hydrogen (secondary N) is 3. The van der Waals surface area contributed by atoms with Gasteiger partial charge in [0.25, 0.3) is 5.91 Å². The van der Waals surface area contributed by atoms with Gasteiger partial charge in [-0.05, 0) is 62.6 Å². The second-order valence-corrected chi connectivity index (χ2v) is 9.41. The summed E-state index contributed by atoms with van der Waals surface area (Å²) in [5.74, 6) is -4.88. The Balaban J connectivity index is 1.90. The molecule has 1 aliphatic heterocycles. The first-order valence-electron chi connectivity index (χ1n) is 12.5. The normalized spacial score (nSPS) is 14.8. The van der Waals surface area contributed by atoms with E-state index in [4.69, 9.17) is 10.1 Å². The van der Waals surface area contributed by atoms with Gasteiger partial charge in [-0.1, -0.05) is 12.1 Å². The lowest BCUT2D eigenvalue weighted by Gasteiger charge is -2.37. The van der Waals surface area contributed by atoms with E-state index in [9.17, 15) is 23.2 Å². The minimum atomic E-state index is -1.18. The lowest BCUT2D eigenvalue weighted by atomic mass is 10.0. The van der Waals surface area contributed by atoms with E-state index in [1.165, 1.54) is 25.3 Å². The molecular weight excluding hydrogens is 553 g/mol. The summed E-state index contributed by atoms with van der Waals surface area (Å²) in [5.41, 5.74) is -0.220. The van der Waals surface area contributed by atoms with E-state index in [2.05, 4.69) is 10.6 Å². The molecule has 13 heteroatoms. The Morgan fingerprint density at radius 2 is 1.60 bits per heavy atom. The van der Waals surface area contributed by atoms with Crippen molar-refractivity contribution >= 4 is 41.2 Å². The number of hydrogen-bond acceptors (Lipinski definition) is 7. The van der Waals surface area contributed by atoms with Crippen molar-refractivity contribution in [1.82, 2.24) is 9.80 Å². The first-order valence-corrected chi connectivity index (χ1v) is 12.5. The predicted molar refractivity (Wildman–Crippen MR) is 151 cm³/mol. The number of hydrogen-bond donors (Lipinski definition) is 3. The minimum Gasteiger partial charge on any atom is -0.494 e. The molecule has 3 aromatic rings. The van der Waals surface area contributed by atoms with Gasteiger partial charge < -0.3 is 20.3 Å². The van der Waals surface area contributed by atoms with Gasteiger partial charge in [0.1, 0.15) is 23.0 Å². The fourth-order valence-electron chi connectivity index (χ4n) is 4.34. The maximum atomic E-state index is 15.4. The molecule has 3 N–H and O–H groups in total. The summed E-state index contributed by atoms with van der Waals surface area (Å²) in [5, 5.41) is 14.5. The van der Waals surface area contributed by atoms with Crippen LogP contribution in [0.3, 0.4) is 0 Å². The highest BCUT2D eigenvalue weighted by Gasteiger charge is 2.44. The molecule has 0 aliphatic carbocycles. The number of anilines is 3. The van der Waals surface area contributed by atoms with E-state index in [0.717, 1.165) is 18.2 Å². The first kappa shape index (κ1) is 29.8. The van der Waals surface area contributed by atoms with Crippen LogP contribution in [0.5, 0.6) is 5.75 Å². The summed E-state index contributed by atoms with van der Waals surface area (Å²) >= 11 is 0. The Labute approximate surface area is 239 Å². The van der Waals surface area contributed by atoms with E-state index in [-0.39, 0.29) is 23.6 Å². The molecule has 4 amide bonds. The van der Waals surface area contributed by atoms with Gasteiger partial charge in [-0.25, -0.2) is 22.9 Å². The molecule has 3 aromatic carbocycles. The van der Waals surface area contributed by atoms with Crippen LogP contribution < -0.4 is 20.3 Å². The molecule has 218 valence electrons. The van der Waals surface area contributed by atoms with Crippen molar-refractivity contribution in [2.24, 2.45) is 0 Å². The van der Waals surface area contributed by atoms with Gasteiger partial charge in [-0.15, -0.1) is 0 Å². The molecule has 0 radical (unpaired) electrons. The van der Waals surface area contributed by atoms with Crippen LogP contribution in [0.25, 0.3) is 0 Å². The van der Waals surface area contributed by atoms with Gasteiger partial charge in [0.15, 0.2) is 11.6 Å². The number of methoxy groups -OCH3 is 1. The van der Waals surface area contributed by atoms with Crippen LogP contribution in [0, 0.1) is 22.9 Å². The average molecular weight is 581 g/mol. The van der Waals surface area contributed by atoms with Crippen molar-refractivity contribution in [2.75, 3.05) is 43.3 Å². The number of benzene rings is 3. The lowest BCUT2D eigenvalue weighted by molar-refractivity contribution is -0.114. The Morgan fingerprint density at radius 3 is 2.19 bits per heavy atom. The van der Waals surface area contributed by atoms with E-state index < -0.39 is 53.0 Å². The Kier molecular flexibility index (Phi) is 8.91. The highest BCUT2D eigenvalue weighted by atomic mass is 19.1. The minimum absolute atomic E-state index is 0.0440. The molecule has 1 fully saturated rings. The second-order valence-electron chi connectivity index (χ2n) is 9.41. The maximum Gasteiger partial charge on any atom is 0.337 e. The number of likely N-dealkylation sites (N-methyl/N-ethyl adjacent to an activating group) is 1. The zero-order chi connectivity index (χ0) is 30.6. The number of ether oxygens (including phenoxy) is 1. The SMILES string of the molecule is COc1cccc(N2C(=O)/C(=C(\CN(C)C)Nc3ccc(NC=O)cc3)C(=N)N(Cc3c(F)cccc3F)C2=O)c1F. The summed E-state index contributed by atoms with van der Waals surface area (Å²) in [4.78, 5) is 41.4.